The van der Waals surface area contributed by atoms with E-state index in [4.69, 9.17) is 4.42 Å². The standard InChI is InChI=1S/C16H19BrFNO/c1-11(5-7-14-4-3-9-20-14)19-12(2)15-8-6-13(18)10-16(15)17/h3-4,6,8-12,19H,5,7H2,1-2H3. The SMILES string of the molecule is CC(CCc1ccco1)NC(C)c1ccc(F)cc1Br. The zero-order valence-electron chi connectivity index (χ0n) is 11.7. The van der Waals surface area contributed by atoms with Gasteiger partial charge in [0.05, 0.1) is 6.26 Å². The van der Waals surface area contributed by atoms with Crippen LogP contribution < -0.4 is 5.32 Å². The summed E-state index contributed by atoms with van der Waals surface area (Å²) in [5, 5.41) is 3.52. The molecule has 0 fully saturated rings. The Hall–Kier alpha value is -1.13. The average Bonchev–Trinajstić information content (AvgIpc) is 2.89. The molecule has 0 aliphatic rings. The minimum atomic E-state index is -0.223. The summed E-state index contributed by atoms with van der Waals surface area (Å²) >= 11 is 3.41. The lowest BCUT2D eigenvalue weighted by molar-refractivity contribution is 0.430. The molecule has 1 aromatic carbocycles. The monoisotopic (exact) mass is 339 g/mol. The second kappa shape index (κ2) is 7.04. The molecule has 0 amide bonds. The van der Waals surface area contributed by atoms with Crippen LogP contribution in [0.25, 0.3) is 0 Å². The average molecular weight is 340 g/mol. The molecule has 2 atom stereocenters. The van der Waals surface area contributed by atoms with Gasteiger partial charge in [-0.25, -0.2) is 4.39 Å². The molecule has 4 heteroatoms. The van der Waals surface area contributed by atoms with Gasteiger partial charge in [0.2, 0.25) is 0 Å². The molecule has 0 saturated heterocycles. The smallest absolute Gasteiger partial charge is 0.124 e. The summed E-state index contributed by atoms with van der Waals surface area (Å²) in [4.78, 5) is 0. The van der Waals surface area contributed by atoms with Gasteiger partial charge in [-0.05, 0) is 50.1 Å². The maximum atomic E-state index is 13.1. The van der Waals surface area contributed by atoms with E-state index in [1.165, 1.54) is 12.1 Å². The van der Waals surface area contributed by atoms with Crippen molar-refractivity contribution in [2.24, 2.45) is 0 Å². The van der Waals surface area contributed by atoms with Crippen LogP contribution in [0.2, 0.25) is 0 Å². The van der Waals surface area contributed by atoms with Gasteiger partial charge in [-0.15, -0.1) is 0 Å². The highest BCUT2D eigenvalue weighted by atomic mass is 79.9. The van der Waals surface area contributed by atoms with E-state index in [1.807, 2.05) is 18.2 Å². The minimum Gasteiger partial charge on any atom is -0.469 e. The maximum Gasteiger partial charge on any atom is 0.124 e. The lowest BCUT2D eigenvalue weighted by atomic mass is 10.1. The van der Waals surface area contributed by atoms with E-state index in [-0.39, 0.29) is 11.9 Å². The molecule has 2 aromatic rings. The fourth-order valence-corrected chi connectivity index (χ4v) is 2.96. The van der Waals surface area contributed by atoms with Crippen molar-refractivity contribution < 1.29 is 8.81 Å². The molecule has 2 unspecified atom stereocenters. The predicted octanol–water partition coefficient (Wildman–Crippen LogP) is 4.85. The Morgan fingerprint density at radius 1 is 1.30 bits per heavy atom. The van der Waals surface area contributed by atoms with Crippen molar-refractivity contribution in [2.45, 2.75) is 38.8 Å². The lowest BCUT2D eigenvalue weighted by Crippen LogP contribution is -2.29. The van der Waals surface area contributed by atoms with E-state index in [0.29, 0.717) is 6.04 Å². The van der Waals surface area contributed by atoms with Gasteiger partial charge in [-0.3, -0.25) is 0 Å². The van der Waals surface area contributed by atoms with Gasteiger partial charge >= 0.3 is 0 Å². The van der Waals surface area contributed by atoms with E-state index in [2.05, 4.69) is 35.1 Å². The van der Waals surface area contributed by atoms with E-state index in [9.17, 15) is 4.39 Å². The molecule has 2 rings (SSSR count). The fourth-order valence-electron chi connectivity index (χ4n) is 2.27. The molecule has 108 valence electrons. The van der Waals surface area contributed by atoms with Crippen molar-refractivity contribution in [3.63, 3.8) is 0 Å². The maximum absolute atomic E-state index is 13.1. The molecule has 1 aromatic heterocycles. The van der Waals surface area contributed by atoms with Crippen LogP contribution in [0.3, 0.4) is 0 Å². The third kappa shape index (κ3) is 4.18. The molecular weight excluding hydrogens is 321 g/mol. The number of nitrogens with one attached hydrogen (secondary N) is 1. The van der Waals surface area contributed by atoms with E-state index >= 15 is 0 Å². The number of halogens is 2. The Kier molecular flexibility index (Phi) is 5.38. The first-order chi connectivity index (χ1) is 9.56. The zero-order chi connectivity index (χ0) is 14.5. The quantitative estimate of drug-likeness (QED) is 0.813. The van der Waals surface area contributed by atoms with E-state index in [0.717, 1.165) is 28.6 Å². The van der Waals surface area contributed by atoms with Gasteiger partial charge in [0.25, 0.3) is 0 Å². The second-order valence-electron chi connectivity index (χ2n) is 5.07. The number of hydrogen-bond acceptors (Lipinski definition) is 2. The summed E-state index contributed by atoms with van der Waals surface area (Å²) in [5.74, 6) is 0.785. The first-order valence-corrected chi connectivity index (χ1v) is 7.59. The Balaban J connectivity index is 1.88. The first kappa shape index (κ1) is 15.3. The Morgan fingerprint density at radius 3 is 2.75 bits per heavy atom. The Labute approximate surface area is 127 Å². The zero-order valence-corrected chi connectivity index (χ0v) is 13.3. The molecule has 0 aliphatic heterocycles. The van der Waals surface area contributed by atoms with Crippen molar-refractivity contribution >= 4 is 15.9 Å². The van der Waals surface area contributed by atoms with Gasteiger partial charge < -0.3 is 9.73 Å². The summed E-state index contributed by atoms with van der Waals surface area (Å²) in [7, 11) is 0. The van der Waals surface area contributed by atoms with Crippen LogP contribution in [-0.4, -0.2) is 6.04 Å². The number of benzene rings is 1. The first-order valence-electron chi connectivity index (χ1n) is 6.79. The van der Waals surface area contributed by atoms with Crippen LogP contribution in [0.15, 0.2) is 45.5 Å². The highest BCUT2D eigenvalue weighted by Crippen LogP contribution is 2.24. The largest absolute Gasteiger partial charge is 0.469 e. The van der Waals surface area contributed by atoms with Crippen molar-refractivity contribution in [3.8, 4) is 0 Å². The van der Waals surface area contributed by atoms with Crippen molar-refractivity contribution in [2.75, 3.05) is 0 Å². The van der Waals surface area contributed by atoms with E-state index in [1.54, 1.807) is 6.26 Å². The highest BCUT2D eigenvalue weighted by Gasteiger charge is 2.13. The summed E-state index contributed by atoms with van der Waals surface area (Å²) in [6, 6.07) is 9.23. The third-order valence-electron chi connectivity index (χ3n) is 3.37. The summed E-state index contributed by atoms with van der Waals surface area (Å²) in [6.45, 7) is 4.23. The number of rotatable bonds is 6. The molecule has 1 N–H and O–H groups in total. The summed E-state index contributed by atoms with van der Waals surface area (Å²) in [5.41, 5.74) is 1.07. The molecule has 0 radical (unpaired) electrons. The lowest BCUT2D eigenvalue weighted by Gasteiger charge is -2.21. The topological polar surface area (TPSA) is 25.2 Å². The molecule has 20 heavy (non-hydrogen) atoms. The van der Waals surface area contributed by atoms with Crippen LogP contribution in [-0.2, 0) is 6.42 Å². The number of furan rings is 1. The number of aryl methyl sites for hydroxylation is 1. The van der Waals surface area contributed by atoms with Gasteiger partial charge in [0.1, 0.15) is 11.6 Å². The summed E-state index contributed by atoms with van der Waals surface area (Å²) < 4.78 is 19.2. The van der Waals surface area contributed by atoms with Crippen LogP contribution in [0.1, 0.15) is 37.6 Å². The van der Waals surface area contributed by atoms with Crippen LogP contribution >= 0.6 is 15.9 Å². The second-order valence-corrected chi connectivity index (χ2v) is 5.93. The predicted molar refractivity (Wildman–Crippen MR) is 82.1 cm³/mol. The van der Waals surface area contributed by atoms with Crippen LogP contribution in [0, 0.1) is 5.82 Å². The Bertz CT molecular complexity index is 541. The van der Waals surface area contributed by atoms with Crippen LogP contribution in [0.5, 0.6) is 0 Å². The van der Waals surface area contributed by atoms with Crippen LogP contribution in [0.4, 0.5) is 4.39 Å². The molecule has 0 bridgehead atoms. The third-order valence-corrected chi connectivity index (χ3v) is 4.05. The molecule has 0 saturated carbocycles. The summed E-state index contributed by atoms with van der Waals surface area (Å²) in [6.07, 6.45) is 3.61. The van der Waals surface area contributed by atoms with E-state index < -0.39 is 0 Å². The van der Waals surface area contributed by atoms with Crippen molar-refractivity contribution in [1.82, 2.24) is 5.32 Å². The van der Waals surface area contributed by atoms with Gasteiger partial charge in [0.15, 0.2) is 0 Å². The van der Waals surface area contributed by atoms with Crippen molar-refractivity contribution in [3.05, 3.63) is 58.2 Å². The van der Waals surface area contributed by atoms with Gasteiger partial charge in [-0.2, -0.15) is 0 Å². The molecule has 0 spiro atoms. The Morgan fingerprint density at radius 2 is 2.10 bits per heavy atom. The number of hydrogen-bond donors (Lipinski definition) is 1. The fraction of sp³-hybridized carbons (Fsp3) is 0.375. The molecule has 1 heterocycles. The van der Waals surface area contributed by atoms with Gasteiger partial charge in [0, 0.05) is 23.0 Å². The highest BCUT2D eigenvalue weighted by molar-refractivity contribution is 9.10. The molecule has 2 nitrogen and oxygen atoms in total. The van der Waals surface area contributed by atoms with Gasteiger partial charge in [-0.1, -0.05) is 22.0 Å². The minimum absolute atomic E-state index is 0.163. The molecular formula is C16H19BrFNO. The molecule has 0 aliphatic carbocycles. The normalized spacial score (nSPS) is 14.2. The van der Waals surface area contributed by atoms with Crippen molar-refractivity contribution in [1.29, 1.82) is 0 Å².